The number of aliphatic hydroxyl groups excluding tert-OH is 4. The minimum absolute atomic E-state index is 0.158. The molecule has 128 valence electrons. The second-order valence-electron chi connectivity index (χ2n) is 7.62. The molecule has 0 saturated heterocycles. The van der Waals surface area contributed by atoms with Gasteiger partial charge in [-0.2, -0.15) is 0 Å². The van der Waals surface area contributed by atoms with Gasteiger partial charge in [0.05, 0.1) is 37.6 Å². The van der Waals surface area contributed by atoms with Crippen LogP contribution in [0.15, 0.2) is 0 Å². The maximum atomic E-state index is 9.56. The summed E-state index contributed by atoms with van der Waals surface area (Å²) in [5.74, 6) is 1.14. The molecule has 2 atom stereocenters. The first-order chi connectivity index (χ1) is 10.5. The highest BCUT2D eigenvalue weighted by Crippen LogP contribution is 2.60. The van der Waals surface area contributed by atoms with Gasteiger partial charge in [0.2, 0.25) is 0 Å². The quantitative estimate of drug-likeness (QED) is 0.496. The van der Waals surface area contributed by atoms with Crippen molar-refractivity contribution in [2.45, 2.75) is 61.9 Å². The Hall–Kier alpha value is -0.240. The lowest BCUT2D eigenvalue weighted by Gasteiger charge is -2.61. The van der Waals surface area contributed by atoms with Crippen LogP contribution in [0.5, 0.6) is 0 Å². The largest absolute Gasteiger partial charge is 0.394 e. The van der Waals surface area contributed by atoms with Crippen LogP contribution >= 0.6 is 0 Å². The summed E-state index contributed by atoms with van der Waals surface area (Å²) >= 11 is 0. The Morgan fingerprint density at radius 2 is 1.23 bits per heavy atom. The molecular weight excluding hydrogens is 288 g/mol. The lowest BCUT2D eigenvalue weighted by molar-refractivity contribution is -0.248. The lowest BCUT2D eigenvalue weighted by atomic mass is 9.52. The van der Waals surface area contributed by atoms with E-state index in [1.165, 1.54) is 6.42 Å². The first kappa shape index (κ1) is 16.6. The summed E-state index contributed by atoms with van der Waals surface area (Å²) in [6.07, 6.45) is 4.31. The van der Waals surface area contributed by atoms with E-state index in [1.54, 1.807) is 0 Å². The summed E-state index contributed by atoms with van der Waals surface area (Å²) in [5, 5.41) is 37.1. The number of aliphatic hydroxyl groups is 4. The van der Waals surface area contributed by atoms with E-state index in [4.69, 9.17) is 19.7 Å². The normalized spacial score (nSPS) is 42.5. The van der Waals surface area contributed by atoms with E-state index in [9.17, 15) is 10.2 Å². The van der Waals surface area contributed by atoms with Crippen molar-refractivity contribution in [3.05, 3.63) is 0 Å². The van der Waals surface area contributed by atoms with Gasteiger partial charge in [-0.15, -0.1) is 0 Å². The van der Waals surface area contributed by atoms with Gasteiger partial charge in [-0.3, -0.25) is 0 Å². The standard InChI is InChI=1S/C16H28O6/c17-6-13(19)8-21-15-2-11-1-12(4-15)5-16(3-11,10-15)22-9-14(20)7-18/h11-14,17-20H,1-10H2. The molecule has 4 aliphatic rings. The SMILES string of the molecule is OCC(O)COC12CC3CC(C1)CC(OCC(O)CO)(C3)C2. The Balaban J connectivity index is 1.67. The third-order valence-electron chi connectivity index (χ3n) is 5.54. The zero-order chi connectivity index (χ0) is 15.8. The molecule has 0 amide bonds. The van der Waals surface area contributed by atoms with Crippen LogP contribution in [-0.4, -0.2) is 70.3 Å². The van der Waals surface area contributed by atoms with Crippen LogP contribution in [0.3, 0.4) is 0 Å². The van der Waals surface area contributed by atoms with Gasteiger partial charge in [0.25, 0.3) is 0 Å². The van der Waals surface area contributed by atoms with Gasteiger partial charge in [-0.25, -0.2) is 0 Å². The van der Waals surface area contributed by atoms with Gasteiger partial charge in [-0.05, 0) is 43.9 Å². The summed E-state index contributed by atoms with van der Waals surface area (Å²) in [5.41, 5.74) is -0.519. The van der Waals surface area contributed by atoms with Crippen LogP contribution in [0.25, 0.3) is 0 Å². The Bertz CT molecular complexity index is 341. The number of rotatable bonds is 8. The molecule has 4 fully saturated rings. The maximum Gasteiger partial charge on any atom is 0.100 e. The van der Waals surface area contributed by atoms with E-state index in [0.29, 0.717) is 11.8 Å². The van der Waals surface area contributed by atoms with Crippen LogP contribution in [0.1, 0.15) is 38.5 Å². The van der Waals surface area contributed by atoms with Gasteiger partial charge >= 0.3 is 0 Å². The molecule has 0 spiro atoms. The predicted octanol–water partition coefficient (Wildman–Crippen LogP) is -0.183. The molecule has 0 radical (unpaired) electrons. The molecule has 0 aliphatic heterocycles. The van der Waals surface area contributed by atoms with E-state index in [1.807, 2.05) is 0 Å². The molecule has 0 heterocycles. The summed E-state index contributed by atoms with van der Waals surface area (Å²) in [4.78, 5) is 0. The van der Waals surface area contributed by atoms with Crippen molar-refractivity contribution in [1.29, 1.82) is 0 Å². The third-order valence-corrected chi connectivity index (χ3v) is 5.54. The monoisotopic (exact) mass is 316 g/mol. The van der Waals surface area contributed by atoms with Crippen molar-refractivity contribution in [2.24, 2.45) is 11.8 Å². The van der Waals surface area contributed by atoms with E-state index in [0.717, 1.165) is 32.1 Å². The first-order valence-electron chi connectivity index (χ1n) is 8.34. The number of ether oxygens (including phenoxy) is 2. The Morgan fingerprint density at radius 1 is 0.818 bits per heavy atom. The first-order valence-corrected chi connectivity index (χ1v) is 8.34. The Labute approximate surface area is 131 Å². The van der Waals surface area contributed by atoms with Crippen LogP contribution in [0, 0.1) is 11.8 Å². The number of hydrogen-bond donors (Lipinski definition) is 4. The third kappa shape index (κ3) is 3.32. The Kier molecular flexibility index (Phi) is 4.79. The van der Waals surface area contributed by atoms with Crippen LogP contribution < -0.4 is 0 Å². The van der Waals surface area contributed by atoms with E-state index < -0.39 is 12.2 Å². The molecule has 6 heteroatoms. The molecule has 0 aromatic heterocycles. The summed E-state index contributed by atoms with van der Waals surface area (Å²) < 4.78 is 12.1. The number of hydrogen-bond acceptors (Lipinski definition) is 6. The highest BCUT2D eigenvalue weighted by molar-refractivity contribution is 5.11. The molecule has 4 saturated carbocycles. The average molecular weight is 316 g/mol. The van der Waals surface area contributed by atoms with Crippen molar-refractivity contribution < 1.29 is 29.9 Å². The van der Waals surface area contributed by atoms with Crippen LogP contribution in [-0.2, 0) is 9.47 Å². The van der Waals surface area contributed by atoms with E-state index in [-0.39, 0.29) is 37.6 Å². The van der Waals surface area contributed by atoms with Crippen molar-refractivity contribution in [1.82, 2.24) is 0 Å². The van der Waals surface area contributed by atoms with Gasteiger partial charge < -0.3 is 29.9 Å². The molecule has 4 aliphatic carbocycles. The van der Waals surface area contributed by atoms with Gasteiger partial charge in [0.15, 0.2) is 0 Å². The minimum Gasteiger partial charge on any atom is -0.394 e. The van der Waals surface area contributed by atoms with Crippen molar-refractivity contribution in [3.8, 4) is 0 Å². The zero-order valence-electron chi connectivity index (χ0n) is 13.0. The second-order valence-corrected chi connectivity index (χ2v) is 7.62. The fourth-order valence-corrected chi connectivity index (χ4v) is 5.09. The molecular formula is C16H28O6. The molecule has 6 nitrogen and oxygen atoms in total. The zero-order valence-corrected chi connectivity index (χ0v) is 13.0. The molecule has 0 aromatic rings. The van der Waals surface area contributed by atoms with Crippen LogP contribution in [0.2, 0.25) is 0 Å². The molecule has 22 heavy (non-hydrogen) atoms. The predicted molar refractivity (Wildman–Crippen MR) is 78.2 cm³/mol. The fraction of sp³-hybridized carbons (Fsp3) is 1.00. The second kappa shape index (κ2) is 6.34. The van der Waals surface area contributed by atoms with E-state index in [2.05, 4.69) is 0 Å². The summed E-state index contributed by atoms with van der Waals surface area (Å²) in [7, 11) is 0. The molecule has 0 aromatic carbocycles. The smallest absolute Gasteiger partial charge is 0.100 e. The average Bonchev–Trinajstić information content (AvgIpc) is 2.49. The maximum absolute atomic E-state index is 9.56. The van der Waals surface area contributed by atoms with Crippen molar-refractivity contribution in [3.63, 3.8) is 0 Å². The van der Waals surface area contributed by atoms with Gasteiger partial charge in [-0.1, -0.05) is 0 Å². The summed E-state index contributed by atoms with van der Waals surface area (Å²) in [6.45, 7) is -0.253. The molecule has 4 rings (SSSR count). The minimum atomic E-state index is -0.832. The van der Waals surface area contributed by atoms with Gasteiger partial charge in [0, 0.05) is 6.42 Å². The molecule has 4 N–H and O–H groups in total. The highest BCUT2D eigenvalue weighted by Gasteiger charge is 2.59. The highest BCUT2D eigenvalue weighted by atomic mass is 16.5. The molecule has 4 bridgehead atoms. The van der Waals surface area contributed by atoms with Gasteiger partial charge in [0.1, 0.15) is 12.2 Å². The fourth-order valence-electron chi connectivity index (χ4n) is 5.09. The Morgan fingerprint density at radius 3 is 1.59 bits per heavy atom. The lowest BCUT2D eigenvalue weighted by Crippen LogP contribution is -2.61. The topological polar surface area (TPSA) is 99.4 Å². The van der Waals surface area contributed by atoms with Crippen LogP contribution in [0.4, 0.5) is 0 Å². The molecule has 2 unspecified atom stereocenters. The summed E-state index contributed by atoms with van der Waals surface area (Å²) in [6, 6.07) is 0. The van der Waals surface area contributed by atoms with Crippen molar-refractivity contribution >= 4 is 0 Å². The van der Waals surface area contributed by atoms with E-state index >= 15 is 0 Å². The van der Waals surface area contributed by atoms with Crippen molar-refractivity contribution in [2.75, 3.05) is 26.4 Å².